The molecule has 8 heteroatoms. The molecule has 182 valence electrons. The Morgan fingerprint density at radius 2 is 2.11 bits per heavy atom. The molecule has 0 spiro atoms. The molecule has 2 atom stereocenters. The van der Waals surface area contributed by atoms with Crippen LogP contribution in [0.3, 0.4) is 0 Å². The maximum atomic E-state index is 13.1. The van der Waals surface area contributed by atoms with Gasteiger partial charge in [-0.25, -0.2) is 0 Å². The molecule has 1 N–H and O–H groups in total. The highest BCUT2D eigenvalue weighted by Crippen LogP contribution is 2.31. The Morgan fingerprint density at radius 3 is 2.86 bits per heavy atom. The van der Waals surface area contributed by atoms with Gasteiger partial charge in [0.25, 0.3) is 0 Å². The second kappa shape index (κ2) is 11.4. The summed E-state index contributed by atoms with van der Waals surface area (Å²) in [6, 6.07) is 10.3. The molecule has 1 aliphatic rings. The van der Waals surface area contributed by atoms with Crippen LogP contribution in [-0.4, -0.2) is 53.5 Å². The van der Waals surface area contributed by atoms with Crippen LogP contribution in [0.2, 0.25) is 0 Å². The molecule has 2 aromatic heterocycles. The Labute approximate surface area is 207 Å². The second-order valence-electron chi connectivity index (χ2n) is 8.75. The molecule has 1 aliphatic heterocycles. The lowest BCUT2D eigenvalue weighted by molar-refractivity contribution is -0.139. The van der Waals surface area contributed by atoms with Gasteiger partial charge in [-0.05, 0) is 67.6 Å². The summed E-state index contributed by atoms with van der Waals surface area (Å²) < 4.78 is 18.4. The van der Waals surface area contributed by atoms with Crippen LogP contribution in [0.4, 0.5) is 4.39 Å². The number of pyridine rings is 1. The highest BCUT2D eigenvalue weighted by Gasteiger charge is 2.31. The Balaban J connectivity index is 1.39. The first kappa shape index (κ1) is 24.8. The molecule has 2 unspecified atom stereocenters. The van der Waals surface area contributed by atoms with E-state index < -0.39 is 5.97 Å². The molecule has 1 saturated heterocycles. The van der Waals surface area contributed by atoms with E-state index in [0.29, 0.717) is 42.1 Å². The predicted molar refractivity (Wildman–Crippen MR) is 133 cm³/mol. The number of halogens is 1. The lowest BCUT2D eigenvalue weighted by atomic mass is 9.79. The lowest BCUT2D eigenvalue weighted by Gasteiger charge is -2.37. The fourth-order valence-corrected chi connectivity index (χ4v) is 5.31. The molecular formula is C27H27FN2O4S. The minimum atomic E-state index is -0.833. The summed E-state index contributed by atoms with van der Waals surface area (Å²) in [6.07, 6.45) is 3.50. The number of Topliss-reactive ketones (excluding diaryl/α,β-unsaturated/α-hetero) is 1. The normalized spacial score (nSPS) is 18.1. The summed E-state index contributed by atoms with van der Waals surface area (Å²) in [4.78, 5) is 31.8. The van der Waals surface area contributed by atoms with Gasteiger partial charge in [0.15, 0.2) is 10.9 Å². The number of fused-ring (bicyclic) bond motifs is 1. The van der Waals surface area contributed by atoms with Crippen molar-refractivity contribution in [1.82, 2.24) is 9.88 Å². The first-order chi connectivity index (χ1) is 16.9. The van der Waals surface area contributed by atoms with Crippen LogP contribution in [0.5, 0.6) is 5.75 Å². The third kappa shape index (κ3) is 6.44. The number of ketones is 1. The maximum absolute atomic E-state index is 13.1. The van der Waals surface area contributed by atoms with Crippen LogP contribution in [0.1, 0.15) is 40.9 Å². The van der Waals surface area contributed by atoms with Gasteiger partial charge >= 0.3 is 5.97 Å². The van der Waals surface area contributed by atoms with Gasteiger partial charge in [0.05, 0.1) is 24.0 Å². The standard InChI is InChI=1S/C27H27FN2O4S/c1-34-20-5-7-24-23(16-20)22(10-12-29-24)25(31)8-4-18-11-14-30(17-19(18)15-27(32)33)13-2-3-21-6-9-26(28)35-21/h5-7,9-10,12,16,18-19H,4,8,11,13-15,17H2,1H3,(H,32,33). The van der Waals surface area contributed by atoms with Crippen LogP contribution >= 0.6 is 11.3 Å². The van der Waals surface area contributed by atoms with Crippen LogP contribution in [0.25, 0.3) is 10.9 Å². The minimum absolute atomic E-state index is 0.0243. The van der Waals surface area contributed by atoms with Crippen molar-refractivity contribution in [3.63, 3.8) is 0 Å². The number of likely N-dealkylation sites (tertiary alicyclic amines) is 1. The van der Waals surface area contributed by atoms with Crippen molar-refractivity contribution in [3.05, 3.63) is 58.2 Å². The van der Waals surface area contributed by atoms with Gasteiger partial charge in [-0.15, -0.1) is 0 Å². The number of rotatable bonds is 8. The van der Waals surface area contributed by atoms with Crippen LogP contribution in [-0.2, 0) is 4.79 Å². The van der Waals surface area contributed by atoms with E-state index in [1.54, 1.807) is 25.4 Å². The van der Waals surface area contributed by atoms with E-state index in [2.05, 4.69) is 21.7 Å². The Kier molecular flexibility index (Phi) is 8.11. The molecule has 0 aliphatic carbocycles. The largest absolute Gasteiger partial charge is 0.497 e. The number of aliphatic carboxylic acids is 1. The molecule has 1 aromatic carbocycles. The van der Waals surface area contributed by atoms with Gasteiger partial charge < -0.3 is 9.84 Å². The van der Waals surface area contributed by atoms with Gasteiger partial charge in [0.1, 0.15) is 5.75 Å². The third-order valence-electron chi connectivity index (χ3n) is 6.49. The SMILES string of the molecule is COc1ccc2nccc(C(=O)CCC3CCN(CC#Cc4ccc(F)s4)CC3CC(=O)O)c2c1. The number of carbonyl (C=O) groups excluding carboxylic acids is 1. The Morgan fingerprint density at radius 1 is 1.26 bits per heavy atom. The van der Waals surface area contributed by atoms with Gasteiger partial charge in [-0.1, -0.05) is 23.2 Å². The Hall–Kier alpha value is -3.28. The summed E-state index contributed by atoms with van der Waals surface area (Å²) >= 11 is 1.01. The average Bonchev–Trinajstić information content (AvgIpc) is 3.27. The fraction of sp³-hybridized carbons (Fsp3) is 0.370. The second-order valence-corrected chi connectivity index (χ2v) is 9.78. The summed E-state index contributed by atoms with van der Waals surface area (Å²) in [5.74, 6) is 6.00. The molecule has 3 aromatic rings. The number of carbonyl (C=O) groups is 2. The maximum Gasteiger partial charge on any atom is 0.303 e. The van der Waals surface area contributed by atoms with Crippen LogP contribution < -0.4 is 4.74 Å². The Bertz CT molecular complexity index is 1280. The molecule has 0 amide bonds. The smallest absolute Gasteiger partial charge is 0.303 e. The minimum Gasteiger partial charge on any atom is -0.497 e. The number of thiophene rings is 1. The van der Waals surface area contributed by atoms with Crippen molar-refractivity contribution >= 4 is 34.0 Å². The van der Waals surface area contributed by atoms with E-state index in [1.165, 1.54) is 6.07 Å². The molecule has 1 fully saturated rings. The topological polar surface area (TPSA) is 79.7 Å². The number of hydrogen-bond acceptors (Lipinski definition) is 6. The number of ether oxygens (including phenoxy) is 1. The highest BCUT2D eigenvalue weighted by molar-refractivity contribution is 7.10. The summed E-state index contributed by atoms with van der Waals surface area (Å²) in [6.45, 7) is 1.91. The van der Waals surface area contributed by atoms with E-state index in [9.17, 15) is 19.1 Å². The molecule has 0 bridgehead atoms. The van der Waals surface area contributed by atoms with Gasteiger partial charge in [-0.3, -0.25) is 19.5 Å². The zero-order chi connectivity index (χ0) is 24.8. The van der Waals surface area contributed by atoms with Gasteiger partial charge in [0, 0.05) is 36.5 Å². The van der Waals surface area contributed by atoms with E-state index in [1.807, 2.05) is 18.2 Å². The zero-order valence-corrected chi connectivity index (χ0v) is 20.3. The van der Waals surface area contributed by atoms with Crippen LogP contribution in [0, 0.1) is 28.8 Å². The molecule has 35 heavy (non-hydrogen) atoms. The predicted octanol–water partition coefficient (Wildman–Crippen LogP) is 4.87. The monoisotopic (exact) mass is 494 g/mol. The number of aromatic nitrogens is 1. The van der Waals surface area contributed by atoms with E-state index >= 15 is 0 Å². The first-order valence-corrected chi connectivity index (χ1v) is 12.4. The third-order valence-corrected chi connectivity index (χ3v) is 7.28. The van der Waals surface area contributed by atoms with Crippen molar-refractivity contribution < 1.29 is 23.8 Å². The molecule has 6 nitrogen and oxygen atoms in total. The quantitative estimate of drug-likeness (QED) is 0.356. The van der Waals surface area contributed by atoms with Crippen molar-refractivity contribution in [3.8, 4) is 17.6 Å². The van der Waals surface area contributed by atoms with E-state index in [4.69, 9.17) is 4.74 Å². The van der Waals surface area contributed by atoms with E-state index in [0.717, 1.165) is 35.2 Å². The summed E-state index contributed by atoms with van der Waals surface area (Å²) in [5.41, 5.74) is 1.35. The highest BCUT2D eigenvalue weighted by atomic mass is 32.1. The number of carboxylic acids is 1. The van der Waals surface area contributed by atoms with Gasteiger partial charge in [-0.2, -0.15) is 4.39 Å². The van der Waals surface area contributed by atoms with Crippen molar-refractivity contribution in [2.24, 2.45) is 11.8 Å². The number of benzene rings is 1. The average molecular weight is 495 g/mol. The molecule has 4 rings (SSSR count). The lowest BCUT2D eigenvalue weighted by Crippen LogP contribution is -2.41. The molecule has 0 radical (unpaired) electrons. The van der Waals surface area contributed by atoms with Crippen molar-refractivity contribution in [2.45, 2.75) is 25.7 Å². The number of nitrogens with zero attached hydrogens (tertiary/aromatic N) is 2. The molecular weight excluding hydrogens is 467 g/mol. The van der Waals surface area contributed by atoms with Crippen molar-refractivity contribution in [1.29, 1.82) is 0 Å². The first-order valence-electron chi connectivity index (χ1n) is 11.6. The fourth-order valence-electron chi connectivity index (χ4n) is 4.70. The number of hydrogen-bond donors (Lipinski definition) is 1. The van der Waals surface area contributed by atoms with Gasteiger partial charge in [0.2, 0.25) is 0 Å². The summed E-state index contributed by atoms with van der Waals surface area (Å²) in [5, 5.41) is 9.96. The number of carboxylic acid groups (broad SMARTS) is 1. The molecule has 0 saturated carbocycles. The zero-order valence-electron chi connectivity index (χ0n) is 19.5. The molecule has 3 heterocycles. The summed E-state index contributed by atoms with van der Waals surface area (Å²) in [7, 11) is 1.58. The number of methoxy groups -OCH3 is 1. The van der Waals surface area contributed by atoms with Crippen LogP contribution in [0.15, 0.2) is 42.6 Å². The number of piperidine rings is 1. The van der Waals surface area contributed by atoms with E-state index in [-0.39, 0.29) is 29.2 Å². The van der Waals surface area contributed by atoms with Crippen molar-refractivity contribution in [2.75, 3.05) is 26.7 Å².